The van der Waals surface area contributed by atoms with Crippen molar-refractivity contribution in [2.75, 3.05) is 17.2 Å². The molecule has 108 valence electrons. The highest BCUT2D eigenvalue weighted by Gasteiger charge is 2.34. The van der Waals surface area contributed by atoms with Crippen molar-refractivity contribution >= 4 is 17.3 Å². The number of benzene rings is 1. The van der Waals surface area contributed by atoms with E-state index in [1.165, 1.54) is 32.1 Å². The normalized spacial score (nSPS) is 26.1. The Morgan fingerprint density at radius 3 is 2.75 bits per heavy atom. The Bertz CT molecular complexity index is 513. The van der Waals surface area contributed by atoms with Gasteiger partial charge in [0.2, 0.25) is 0 Å². The number of hydrogen-bond donors (Lipinski definition) is 2. The van der Waals surface area contributed by atoms with E-state index in [1.807, 2.05) is 12.1 Å². The monoisotopic (exact) mass is 274 g/mol. The number of hydrogen-bond acceptors (Lipinski definition) is 3. The van der Waals surface area contributed by atoms with Crippen LogP contribution in [0.3, 0.4) is 0 Å². The van der Waals surface area contributed by atoms with Crippen molar-refractivity contribution in [2.45, 2.75) is 44.6 Å². The van der Waals surface area contributed by atoms with Gasteiger partial charge in [0.25, 0.3) is 0 Å². The summed E-state index contributed by atoms with van der Waals surface area (Å²) in [5.74, 6) is -0.151. The van der Waals surface area contributed by atoms with Gasteiger partial charge in [-0.25, -0.2) is 4.79 Å². The third kappa shape index (κ3) is 2.35. The largest absolute Gasteiger partial charge is 0.478 e. The highest BCUT2D eigenvalue weighted by molar-refractivity contribution is 5.95. The van der Waals surface area contributed by atoms with Gasteiger partial charge in [0.05, 0.1) is 11.3 Å². The molecule has 1 saturated carbocycles. The molecule has 0 radical (unpaired) electrons. The van der Waals surface area contributed by atoms with Gasteiger partial charge in [-0.3, -0.25) is 0 Å². The predicted octanol–water partition coefficient (Wildman–Crippen LogP) is 3.13. The molecule has 1 aliphatic carbocycles. The molecule has 20 heavy (non-hydrogen) atoms. The maximum Gasteiger partial charge on any atom is 0.337 e. The molecule has 1 heterocycles. The number of rotatable bonds is 2. The number of nitrogen functional groups attached to an aromatic ring is 1. The van der Waals surface area contributed by atoms with Crippen LogP contribution < -0.4 is 10.6 Å². The Kier molecular flexibility index (Phi) is 3.55. The summed E-state index contributed by atoms with van der Waals surface area (Å²) in [5.41, 5.74) is 7.46. The van der Waals surface area contributed by atoms with E-state index in [0.29, 0.717) is 17.3 Å². The molecular formula is C16H22N2O2. The molecule has 0 bridgehead atoms. The lowest BCUT2D eigenvalue weighted by atomic mass is 9.78. The zero-order chi connectivity index (χ0) is 14.1. The van der Waals surface area contributed by atoms with E-state index in [-0.39, 0.29) is 0 Å². The summed E-state index contributed by atoms with van der Waals surface area (Å²) >= 11 is 0. The average molecular weight is 274 g/mol. The SMILES string of the molecule is Nc1ccc(N2CCCC3CCCCC32)c(C(=O)O)c1. The summed E-state index contributed by atoms with van der Waals surface area (Å²) in [4.78, 5) is 13.8. The van der Waals surface area contributed by atoms with Crippen LogP contribution in [0.25, 0.3) is 0 Å². The molecule has 1 aliphatic heterocycles. The first kappa shape index (κ1) is 13.3. The highest BCUT2D eigenvalue weighted by atomic mass is 16.4. The molecule has 3 rings (SSSR count). The molecule has 1 aromatic carbocycles. The summed E-state index contributed by atoms with van der Waals surface area (Å²) in [7, 11) is 0. The van der Waals surface area contributed by atoms with Crippen LogP contribution in [0.5, 0.6) is 0 Å². The van der Waals surface area contributed by atoms with Gasteiger partial charge >= 0.3 is 5.97 Å². The van der Waals surface area contributed by atoms with Gasteiger partial charge < -0.3 is 15.7 Å². The molecule has 0 aromatic heterocycles. The Labute approximate surface area is 119 Å². The molecule has 2 fully saturated rings. The number of anilines is 2. The summed E-state index contributed by atoms with van der Waals surface area (Å²) in [6, 6.07) is 5.80. The van der Waals surface area contributed by atoms with Crippen LogP contribution in [0.15, 0.2) is 18.2 Å². The Balaban J connectivity index is 1.96. The Morgan fingerprint density at radius 1 is 1.20 bits per heavy atom. The van der Waals surface area contributed by atoms with Crippen molar-refractivity contribution in [1.29, 1.82) is 0 Å². The van der Waals surface area contributed by atoms with E-state index in [1.54, 1.807) is 6.07 Å². The van der Waals surface area contributed by atoms with E-state index >= 15 is 0 Å². The minimum atomic E-state index is -0.884. The molecule has 1 aromatic rings. The van der Waals surface area contributed by atoms with E-state index < -0.39 is 5.97 Å². The van der Waals surface area contributed by atoms with Crippen LogP contribution >= 0.6 is 0 Å². The van der Waals surface area contributed by atoms with Crippen molar-refractivity contribution < 1.29 is 9.90 Å². The van der Waals surface area contributed by atoms with Gasteiger partial charge in [0, 0.05) is 18.3 Å². The molecular weight excluding hydrogens is 252 g/mol. The number of piperidine rings is 1. The molecule has 3 N–H and O–H groups in total. The van der Waals surface area contributed by atoms with Gasteiger partial charge in [-0.2, -0.15) is 0 Å². The van der Waals surface area contributed by atoms with Crippen LogP contribution in [0.2, 0.25) is 0 Å². The van der Waals surface area contributed by atoms with E-state index in [9.17, 15) is 9.90 Å². The van der Waals surface area contributed by atoms with Gasteiger partial charge in [-0.05, 0) is 49.8 Å². The van der Waals surface area contributed by atoms with E-state index in [2.05, 4.69) is 4.90 Å². The average Bonchev–Trinajstić information content (AvgIpc) is 2.46. The molecule has 2 atom stereocenters. The quantitative estimate of drug-likeness (QED) is 0.813. The van der Waals surface area contributed by atoms with Gasteiger partial charge in [-0.15, -0.1) is 0 Å². The third-order valence-electron chi connectivity index (χ3n) is 4.80. The number of nitrogens with zero attached hydrogens (tertiary/aromatic N) is 1. The number of carboxylic acids is 1. The molecule has 2 aliphatic rings. The second-order valence-corrected chi connectivity index (χ2v) is 6.03. The van der Waals surface area contributed by atoms with E-state index in [0.717, 1.165) is 24.6 Å². The van der Waals surface area contributed by atoms with Gasteiger partial charge in [0.15, 0.2) is 0 Å². The van der Waals surface area contributed by atoms with Gasteiger partial charge in [-0.1, -0.05) is 12.8 Å². The first-order valence-corrected chi connectivity index (χ1v) is 7.56. The summed E-state index contributed by atoms with van der Waals surface area (Å²) < 4.78 is 0. The zero-order valence-electron chi connectivity index (χ0n) is 11.7. The van der Waals surface area contributed by atoms with Crippen molar-refractivity contribution in [2.24, 2.45) is 5.92 Å². The van der Waals surface area contributed by atoms with Crippen molar-refractivity contribution in [3.8, 4) is 0 Å². The minimum Gasteiger partial charge on any atom is -0.478 e. The summed E-state index contributed by atoms with van der Waals surface area (Å²) in [6.45, 7) is 0.964. The van der Waals surface area contributed by atoms with Crippen LogP contribution in [-0.2, 0) is 0 Å². The fourth-order valence-corrected chi connectivity index (χ4v) is 3.90. The number of carboxylic acid groups (broad SMARTS) is 1. The first-order valence-electron chi connectivity index (χ1n) is 7.56. The number of aromatic carboxylic acids is 1. The number of carbonyl (C=O) groups is 1. The van der Waals surface area contributed by atoms with Crippen LogP contribution in [0.1, 0.15) is 48.9 Å². The molecule has 1 saturated heterocycles. The predicted molar refractivity (Wildman–Crippen MR) is 80.1 cm³/mol. The van der Waals surface area contributed by atoms with E-state index in [4.69, 9.17) is 5.73 Å². The lowest BCUT2D eigenvalue weighted by molar-refractivity contribution is 0.0697. The molecule has 0 spiro atoms. The second-order valence-electron chi connectivity index (χ2n) is 6.03. The standard InChI is InChI=1S/C16H22N2O2/c17-12-7-8-15(13(10-12)16(19)20)18-9-3-5-11-4-1-2-6-14(11)18/h7-8,10-11,14H,1-6,9,17H2,(H,19,20). The molecule has 4 nitrogen and oxygen atoms in total. The Hall–Kier alpha value is -1.71. The highest BCUT2D eigenvalue weighted by Crippen LogP contribution is 2.39. The maximum absolute atomic E-state index is 11.5. The minimum absolute atomic E-state index is 0.344. The van der Waals surface area contributed by atoms with Gasteiger partial charge in [0.1, 0.15) is 0 Å². The number of nitrogens with two attached hydrogens (primary N) is 1. The topological polar surface area (TPSA) is 66.6 Å². The fraction of sp³-hybridized carbons (Fsp3) is 0.562. The molecule has 0 amide bonds. The fourth-order valence-electron chi connectivity index (χ4n) is 3.90. The van der Waals surface area contributed by atoms with Crippen molar-refractivity contribution in [3.63, 3.8) is 0 Å². The lowest BCUT2D eigenvalue weighted by Gasteiger charge is -2.45. The molecule has 4 heteroatoms. The lowest BCUT2D eigenvalue weighted by Crippen LogP contribution is -2.47. The third-order valence-corrected chi connectivity index (χ3v) is 4.80. The maximum atomic E-state index is 11.5. The van der Waals surface area contributed by atoms with Crippen LogP contribution in [0, 0.1) is 5.92 Å². The smallest absolute Gasteiger partial charge is 0.337 e. The zero-order valence-corrected chi connectivity index (χ0v) is 11.7. The first-order chi connectivity index (χ1) is 9.66. The second kappa shape index (κ2) is 5.35. The van der Waals surface area contributed by atoms with Crippen molar-refractivity contribution in [3.05, 3.63) is 23.8 Å². The van der Waals surface area contributed by atoms with Crippen molar-refractivity contribution in [1.82, 2.24) is 0 Å². The molecule has 2 unspecified atom stereocenters. The van der Waals surface area contributed by atoms with Crippen LogP contribution in [0.4, 0.5) is 11.4 Å². The van der Waals surface area contributed by atoms with Crippen LogP contribution in [-0.4, -0.2) is 23.7 Å². The Morgan fingerprint density at radius 2 is 1.95 bits per heavy atom. The summed E-state index contributed by atoms with van der Waals surface area (Å²) in [5, 5.41) is 9.43. The number of fused-ring (bicyclic) bond motifs is 1. The summed E-state index contributed by atoms with van der Waals surface area (Å²) in [6.07, 6.45) is 7.51.